The zero-order chi connectivity index (χ0) is 39.6. The molecule has 0 saturated carbocycles. The summed E-state index contributed by atoms with van der Waals surface area (Å²) in [5.41, 5.74) is 17.6. The molecule has 59 heavy (non-hydrogen) atoms. The Hall–Kier alpha value is -7.62. The highest BCUT2D eigenvalue weighted by Gasteiger charge is 2.21. The average Bonchev–Trinajstić information content (AvgIpc) is 3.77. The van der Waals surface area contributed by atoms with E-state index in [0.29, 0.717) is 0 Å². The molecular formula is C56H41N3. The fourth-order valence-electron chi connectivity index (χ4n) is 9.27. The van der Waals surface area contributed by atoms with Crippen molar-refractivity contribution in [2.24, 2.45) is 0 Å². The van der Waals surface area contributed by atoms with E-state index in [1.807, 2.05) is 0 Å². The molecule has 0 aliphatic carbocycles. The van der Waals surface area contributed by atoms with Gasteiger partial charge >= 0.3 is 0 Å². The van der Waals surface area contributed by atoms with Crippen LogP contribution in [-0.2, 0) is 0 Å². The molecule has 11 rings (SSSR count). The lowest BCUT2D eigenvalue weighted by Crippen LogP contribution is -2.32. The molecule has 3 nitrogen and oxygen atoms in total. The van der Waals surface area contributed by atoms with Gasteiger partial charge in [0.05, 0.1) is 27.6 Å². The molecule has 0 N–H and O–H groups in total. The van der Waals surface area contributed by atoms with E-state index in [4.69, 9.17) is 0 Å². The molecule has 10 aromatic rings. The molecule has 0 amide bonds. The Morgan fingerprint density at radius 1 is 0.424 bits per heavy atom. The minimum absolute atomic E-state index is 0.973. The molecule has 0 radical (unpaired) electrons. The first-order valence-electron chi connectivity index (χ1n) is 20.3. The molecule has 0 atom stereocenters. The molecule has 1 aliphatic heterocycles. The molecular weight excluding hydrogens is 715 g/mol. The predicted octanol–water partition coefficient (Wildman–Crippen LogP) is 13.1. The molecule has 8 aromatic carbocycles. The van der Waals surface area contributed by atoms with Gasteiger partial charge in [0.2, 0.25) is 0 Å². The van der Waals surface area contributed by atoms with Crippen LogP contribution in [0.15, 0.2) is 195 Å². The maximum Gasteiger partial charge on any atom is 0.0622 e. The number of hydrogen-bond acceptors (Lipinski definition) is 1. The molecule has 0 saturated heterocycles. The van der Waals surface area contributed by atoms with Crippen LogP contribution in [0.2, 0.25) is 0 Å². The summed E-state index contributed by atoms with van der Waals surface area (Å²) in [5.74, 6) is 0. The van der Waals surface area contributed by atoms with Crippen molar-refractivity contribution in [3.63, 3.8) is 0 Å². The standard InChI is InChI=1S/C56H41N3/c1-37-15-7-8-19-46(37)55-38(2)25-34-49-47-20-10-14-24-53(47)59(56(49)55)44-32-28-41(29-33-44)40-26-30-42(31-27-40)57-36-50-48-21-11-13-23-52(48)58(43-16-5-4-6-17-43)54(50)35-39(3)45-18-9-12-22-51(45)57/h4-36H,3H2,1-2H3/b50-36-,54-35+. The summed E-state index contributed by atoms with van der Waals surface area (Å²) in [6, 6.07) is 68.0. The number of aryl methyl sites for hydroxylation is 2. The third kappa shape index (κ3) is 5.58. The molecule has 0 fully saturated rings. The van der Waals surface area contributed by atoms with Crippen LogP contribution in [-0.4, -0.2) is 9.13 Å². The van der Waals surface area contributed by atoms with Crippen molar-refractivity contribution in [2.45, 2.75) is 13.8 Å². The fraction of sp³-hybridized carbons (Fsp3) is 0.0357. The number of rotatable bonds is 5. The van der Waals surface area contributed by atoms with Crippen molar-refractivity contribution in [2.75, 3.05) is 4.90 Å². The highest BCUT2D eigenvalue weighted by molar-refractivity contribution is 6.14. The lowest BCUT2D eigenvalue weighted by molar-refractivity contribution is 1.07. The van der Waals surface area contributed by atoms with Gasteiger partial charge in [-0.3, -0.25) is 0 Å². The van der Waals surface area contributed by atoms with Crippen LogP contribution in [0.5, 0.6) is 0 Å². The van der Waals surface area contributed by atoms with Gasteiger partial charge in [0.25, 0.3) is 0 Å². The van der Waals surface area contributed by atoms with Crippen molar-refractivity contribution in [1.29, 1.82) is 0 Å². The third-order valence-corrected chi connectivity index (χ3v) is 12.1. The lowest BCUT2D eigenvalue weighted by Gasteiger charge is -2.25. The molecule has 3 heterocycles. The number of allylic oxidation sites excluding steroid dienone is 1. The predicted molar refractivity (Wildman–Crippen MR) is 250 cm³/mol. The summed E-state index contributed by atoms with van der Waals surface area (Å²) in [5, 5.41) is 6.00. The molecule has 2 aromatic heterocycles. The summed E-state index contributed by atoms with van der Waals surface area (Å²) in [4.78, 5) is 2.33. The van der Waals surface area contributed by atoms with Gasteiger partial charge < -0.3 is 14.0 Å². The van der Waals surface area contributed by atoms with Gasteiger partial charge in [-0.15, -0.1) is 0 Å². The van der Waals surface area contributed by atoms with Gasteiger partial charge in [0.1, 0.15) is 0 Å². The number of nitrogens with zero attached hydrogens (tertiary/aromatic N) is 3. The lowest BCUT2D eigenvalue weighted by atomic mass is 9.94. The van der Waals surface area contributed by atoms with Crippen molar-refractivity contribution >= 4 is 61.9 Å². The van der Waals surface area contributed by atoms with Crippen molar-refractivity contribution in [3.8, 4) is 33.6 Å². The Morgan fingerprint density at radius 3 is 1.73 bits per heavy atom. The van der Waals surface area contributed by atoms with E-state index in [-0.39, 0.29) is 0 Å². The first kappa shape index (κ1) is 34.6. The second-order valence-electron chi connectivity index (χ2n) is 15.6. The summed E-state index contributed by atoms with van der Waals surface area (Å²) < 4.78 is 4.81. The van der Waals surface area contributed by atoms with Crippen molar-refractivity contribution < 1.29 is 0 Å². The topological polar surface area (TPSA) is 13.1 Å². The summed E-state index contributed by atoms with van der Waals surface area (Å²) in [7, 11) is 0. The highest BCUT2D eigenvalue weighted by Crippen LogP contribution is 2.41. The quantitative estimate of drug-likeness (QED) is 0.170. The average molecular weight is 756 g/mol. The van der Waals surface area contributed by atoms with E-state index in [0.717, 1.165) is 50.0 Å². The van der Waals surface area contributed by atoms with Gasteiger partial charge in [-0.1, -0.05) is 140 Å². The zero-order valence-corrected chi connectivity index (χ0v) is 33.1. The Bertz CT molecular complexity index is 3400. The monoisotopic (exact) mass is 755 g/mol. The first-order chi connectivity index (χ1) is 29.0. The molecule has 1 aliphatic rings. The number of fused-ring (bicyclic) bond motifs is 7. The third-order valence-electron chi connectivity index (χ3n) is 12.1. The first-order valence-corrected chi connectivity index (χ1v) is 20.3. The number of para-hydroxylation sites is 4. The fourth-order valence-corrected chi connectivity index (χ4v) is 9.27. The number of benzene rings is 8. The van der Waals surface area contributed by atoms with Crippen LogP contribution in [0.1, 0.15) is 16.7 Å². The second kappa shape index (κ2) is 13.8. The van der Waals surface area contributed by atoms with Crippen LogP contribution >= 0.6 is 0 Å². The van der Waals surface area contributed by atoms with E-state index >= 15 is 0 Å². The van der Waals surface area contributed by atoms with Crippen molar-refractivity contribution in [3.05, 3.63) is 222 Å². The van der Waals surface area contributed by atoms with E-state index in [1.54, 1.807) is 0 Å². The van der Waals surface area contributed by atoms with Crippen LogP contribution in [0.3, 0.4) is 0 Å². The van der Waals surface area contributed by atoms with Crippen LogP contribution < -0.4 is 15.5 Å². The van der Waals surface area contributed by atoms with E-state index in [9.17, 15) is 0 Å². The Kier molecular flexibility index (Phi) is 8.09. The zero-order valence-electron chi connectivity index (χ0n) is 33.1. The van der Waals surface area contributed by atoms with E-state index < -0.39 is 0 Å². The van der Waals surface area contributed by atoms with Gasteiger partial charge in [-0.25, -0.2) is 0 Å². The normalized spacial score (nSPS) is 13.7. The Morgan fingerprint density at radius 2 is 1.00 bits per heavy atom. The minimum atomic E-state index is 0.973. The smallest absolute Gasteiger partial charge is 0.0622 e. The molecule has 280 valence electrons. The summed E-state index contributed by atoms with van der Waals surface area (Å²) in [6.45, 7) is 9.06. The van der Waals surface area contributed by atoms with Gasteiger partial charge in [0, 0.05) is 55.8 Å². The Balaban J connectivity index is 1.03. The van der Waals surface area contributed by atoms with E-state index in [1.165, 1.54) is 60.6 Å². The second-order valence-corrected chi connectivity index (χ2v) is 15.6. The largest absolute Gasteiger partial charge is 0.316 e. The number of anilines is 2. The SMILES string of the molecule is C=C1/C=c2\c(c3ccccc3n2-c2ccccc2)=C/N(c2ccc(-c3ccc(-n4c5ccccc5c5ccc(C)c(-c6ccccc6C)c54)cc3)cc2)c2ccccc21. The van der Waals surface area contributed by atoms with Gasteiger partial charge in [-0.05, 0) is 108 Å². The van der Waals surface area contributed by atoms with Crippen LogP contribution in [0.25, 0.3) is 84.2 Å². The molecule has 0 bridgehead atoms. The molecule has 3 heteroatoms. The van der Waals surface area contributed by atoms with Crippen molar-refractivity contribution in [1.82, 2.24) is 9.13 Å². The van der Waals surface area contributed by atoms with Gasteiger partial charge in [0.15, 0.2) is 0 Å². The maximum absolute atomic E-state index is 4.62. The minimum Gasteiger partial charge on any atom is -0.316 e. The maximum atomic E-state index is 4.62. The Labute approximate surface area is 344 Å². The summed E-state index contributed by atoms with van der Waals surface area (Å²) in [6.07, 6.45) is 4.55. The molecule has 0 unspecified atom stereocenters. The van der Waals surface area contributed by atoms with E-state index in [2.05, 4.69) is 235 Å². The number of hydrogen-bond donors (Lipinski definition) is 0. The number of aromatic nitrogens is 2. The van der Waals surface area contributed by atoms with Gasteiger partial charge in [-0.2, -0.15) is 0 Å². The molecule has 0 spiro atoms. The highest BCUT2D eigenvalue weighted by atomic mass is 15.1. The summed E-state index contributed by atoms with van der Waals surface area (Å²) >= 11 is 0. The van der Waals surface area contributed by atoms with Crippen LogP contribution in [0, 0.1) is 13.8 Å². The van der Waals surface area contributed by atoms with Crippen LogP contribution in [0.4, 0.5) is 11.4 Å².